The maximum absolute atomic E-state index is 12.2. The fraction of sp³-hybridized carbons (Fsp3) is 0.519. The van der Waals surface area contributed by atoms with Crippen molar-refractivity contribution in [2.45, 2.75) is 71.0 Å². The number of hydrogen-bond donors (Lipinski definition) is 2. The van der Waals surface area contributed by atoms with Gasteiger partial charge in [0.1, 0.15) is 11.4 Å². The van der Waals surface area contributed by atoms with Crippen molar-refractivity contribution in [1.29, 1.82) is 0 Å². The molecule has 11 heteroatoms. The van der Waals surface area contributed by atoms with Crippen LogP contribution >= 0.6 is 11.6 Å². The van der Waals surface area contributed by atoms with Crippen LogP contribution in [0.2, 0.25) is 5.02 Å². The molecule has 1 aliphatic carbocycles. The second kappa shape index (κ2) is 16.1. The van der Waals surface area contributed by atoms with Gasteiger partial charge < -0.3 is 15.4 Å². The van der Waals surface area contributed by atoms with E-state index in [1.54, 1.807) is 0 Å². The molecule has 3 aliphatic rings. The Bertz CT molecular complexity index is 1000. The van der Waals surface area contributed by atoms with Gasteiger partial charge in [0.15, 0.2) is 0 Å². The molecule has 1 aromatic carbocycles. The number of amides is 3. The normalized spacial score (nSPS) is 16.6. The molecule has 2 N–H and O–H groups in total. The minimum atomic E-state index is -4.45. The van der Waals surface area contributed by atoms with Crippen molar-refractivity contribution in [3.63, 3.8) is 0 Å². The van der Waals surface area contributed by atoms with Crippen molar-refractivity contribution in [1.82, 2.24) is 15.6 Å². The number of pyridine rings is 1. The number of nitrogens with one attached hydrogen (secondary N) is 2. The van der Waals surface area contributed by atoms with Crippen molar-refractivity contribution in [2.24, 2.45) is 0 Å². The third-order valence-electron chi connectivity index (χ3n) is 5.99. The van der Waals surface area contributed by atoms with Crippen LogP contribution < -0.4 is 20.3 Å². The van der Waals surface area contributed by atoms with E-state index in [-0.39, 0.29) is 6.03 Å². The molecule has 0 spiro atoms. The number of fused-ring (bicyclic) bond motifs is 1. The van der Waals surface area contributed by atoms with E-state index in [0.29, 0.717) is 24.8 Å². The number of hydrogen-bond acceptors (Lipinski definition) is 4. The molecule has 1 saturated carbocycles. The van der Waals surface area contributed by atoms with Gasteiger partial charge in [-0.25, -0.2) is 9.78 Å². The van der Waals surface area contributed by atoms with Gasteiger partial charge in [0.25, 0.3) is 0 Å². The number of ether oxygens (including phenoxy) is 1. The molecule has 3 heterocycles. The lowest BCUT2D eigenvalue weighted by atomic mass is 9.96. The second-order valence-electron chi connectivity index (χ2n) is 8.61. The lowest BCUT2D eigenvalue weighted by Gasteiger charge is -2.19. The van der Waals surface area contributed by atoms with E-state index in [2.05, 4.69) is 15.6 Å². The number of carbonyl (C=O) groups is 2. The molecule has 0 unspecified atom stereocenters. The van der Waals surface area contributed by atoms with Gasteiger partial charge in [-0.3, -0.25) is 9.69 Å². The average molecular weight is 557 g/mol. The molecule has 2 fully saturated rings. The molecule has 2 aromatic rings. The molecule has 38 heavy (non-hydrogen) atoms. The van der Waals surface area contributed by atoms with E-state index < -0.39 is 11.9 Å². The van der Waals surface area contributed by atoms with Crippen molar-refractivity contribution in [3.05, 3.63) is 52.8 Å². The number of rotatable bonds is 3. The summed E-state index contributed by atoms with van der Waals surface area (Å²) in [5.74, 6) is 1.00. The van der Waals surface area contributed by atoms with E-state index in [4.69, 9.17) is 16.3 Å². The molecule has 1 saturated heterocycles. The maximum Gasteiger partial charge on any atom is 0.433 e. The monoisotopic (exact) mass is 556 g/mol. The van der Waals surface area contributed by atoms with Gasteiger partial charge in [0.2, 0.25) is 6.41 Å². The third kappa shape index (κ3) is 10.0. The van der Waals surface area contributed by atoms with Crippen LogP contribution in [-0.4, -0.2) is 43.2 Å². The average Bonchev–Trinajstić information content (AvgIpc) is 3.37. The highest BCUT2D eigenvalue weighted by molar-refractivity contribution is 6.30. The lowest BCUT2D eigenvalue weighted by molar-refractivity contribution is -0.141. The van der Waals surface area contributed by atoms with Crippen LogP contribution in [0.1, 0.15) is 63.6 Å². The van der Waals surface area contributed by atoms with Gasteiger partial charge in [-0.2, -0.15) is 13.2 Å². The smallest absolute Gasteiger partial charge is 0.433 e. The van der Waals surface area contributed by atoms with Gasteiger partial charge in [0.05, 0.1) is 18.5 Å². The van der Waals surface area contributed by atoms with Gasteiger partial charge >= 0.3 is 12.2 Å². The number of halogens is 4. The van der Waals surface area contributed by atoms with Gasteiger partial charge in [-0.1, -0.05) is 44.7 Å². The molecule has 0 atom stereocenters. The number of aromatic nitrogens is 1. The summed E-state index contributed by atoms with van der Waals surface area (Å²) in [6, 6.07) is 8.05. The van der Waals surface area contributed by atoms with Gasteiger partial charge in [-0.05, 0) is 61.6 Å². The summed E-state index contributed by atoms with van der Waals surface area (Å²) < 4.78 is 42.1. The number of benzene rings is 1. The Balaban J connectivity index is 0.000000202. The summed E-state index contributed by atoms with van der Waals surface area (Å²) in [6.45, 7) is 5.76. The predicted octanol–water partition coefficient (Wildman–Crippen LogP) is 6.39. The number of aryl methyl sites for hydroxylation is 1. The molecule has 7 nitrogen and oxygen atoms in total. The molecular weight excluding hydrogens is 521 g/mol. The first-order valence-corrected chi connectivity index (χ1v) is 13.4. The molecular formula is C27H36ClF3N4O3. The summed E-state index contributed by atoms with van der Waals surface area (Å²) in [5.41, 5.74) is 0.641. The van der Waals surface area contributed by atoms with Crippen LogP contribution in [0, 0.1) is 0 Å². The van der Waals surface area contributed by atoms with Crippen LogP contribution in [0.4, 0.5) is 23.7 Å². The molecule has 2 aliphatic heterocycles. The Labute approximate surface area is 227 Å². The first-order valence-electron chi connectivity index (χ1n) is 13.0. The zero-order valence-electron chi connectivity index (χ0n) is 21.8. The zero-order chi connectivity index (χ0) is 28.0. The molecule has 0 bridgehead atoms. The van der Waals surface area contributed by atoms with E-state index in [1.807, 2.05) is 32.0 Å². The number of alkyl halides is 3. The van der Waals surface area contributed by atoms with E-state index in [0.717, 1.165) is 48.9 Å². The van der Waals surface area contributed by atoms with E-state index in [9.17, 15) is 22.8 Å². The van der Waals surface area contributed by atoms with Crippen LogP contribution in [0.5, 0.6) is 5.75 Å². The highest BCUT2D eigenvalue weighted by Crippen LogP contribution is 2.29. The standard InChI is InChI=1S/C9H9ClO.C9H8F3N3O.C7H13NO.C2H6/c10-8-3-4-9-7(6-8)2-1-5-11-9;10-9(11,12)7-2-1-6(5-14-7)15-4-3-13-8(15)16;9-6-8-7-4-2-1-3-5-7;1-2/h3-4,6H,1-2,5H2;1-2,5H,3-4H2,(H,13,16);6-7H,1-5H2,(H,8,9);1-2H3. The summed E-state index contributed by atoms with van der Waals surface area (Å²) in [6.07, 6.45) is 5.88. The molecule has 5 rings (SSSR count). The summed E-state index contributed by atoms with van der Waals surface area (Å²) in [5, 5.41) is 6.15. The number of carbonyl (C=O) groups excluding carboxylic acids is 2. The second-order valence-corrected chi connectivity index (χ2v) is 9.04. The van der Waals surface area contributed by atoms with Crippen LogP contribution in [0.15, 0.2) is 36.5 Å². The van der Waals surface area contributed by atoms with Crippen molar-refractivity contribution in [3.8, 4) is 5.75 Å². The Kier molecular flexibility index (Phi) is 13.2. The van der Waals surface area contributed by atoms with Crippen molar-refractivity contribution in [2.75, 3.05) is 24.6 Å². The quantitative estimate of drug-likeness (QED) is 0.429. The van der Waals surface area contributed by atoms with Crippen molar-refractivity contribution < 1.29 is 27.5 Å². The SMILES string of the molecule is CC.Clc1ccc2c(c1)CCCO2.O=C1NCCN1c1ccc(C(F)(F)F)nc1.O=CNC1CCCCC1. The maximum atomic E-state index is 12.2. The van der Waals surface area contributed by atoms with Crippen LogP contribution in [-0.2, 0) is 17.4 Å². The van der Waals surface area contributed by atoms with Gasteiger partial charge in [-0.15, -0.1) is 0 Å². The predicted molar refractivity (Wildman–Crippen MR) is 143 cm³/mol. The fourth-order valence-electron chi connectivity index (χ4n) is 4.13. The molecule has 210 valence electrons. The number of urea groups is 1. The fourth-order valence-corrected chi connectivity index (χ4v) is 4.32. The van der Waals surface area contributed by atoms with Crippen LogP contribution in [0.25, 0.3) is 0 Å². The minimum Gasteiger partial charge on any atom is -0.493 e. The lowest BCUT2D eigenvalue weighted by Crippen LogP contribution is -2.29. The Hall–Kier alpha value is -3.01. The van der Waals surface area contributed by atoms with Gasteiger partial charge in [0, 0.05) is 24.2 Å². The number of nitrogens with zero attached hydrogens (tertiary/aromatic N) is 2. The Morgan fingerprint density at radius 1 is 1.13 bits per heavy atom. The Morgan fingerprint density at radius 3 is 2.45 bits per heavy atom. The van der Waals surface area contributed by atoms with Crippen molar-refractivity contribution >= 4 is 29.7 Å². The zero-order valence-corrected chi connectivity index (χ0v) is 22.6. The summed E-state index contributed by atoms with van der Waals surface area (Å²) in [7, 11) is 0. The first-order chi connectivity index (χ1) is 18.3. The molecule has 1 aromatic heterocycles. The topological polar surface area (TPSA) is 83.6 Å². The third-order valence-corrected chi connectivity index (χ3v) is 6.22. The highest BCUT2D eigenvalue weighted by atomic mass is 35.5. The highest BCUT2D eigenvalue weighted by Gasteiger charge is 2.32. The summed E-state index contributed by atoms with van der Waals surface area (Å²) >= 11 is 5.82. The van der Waals surface area contributed by atoms with E-state index >= 15 is 0 Å². The minimum absolute atomic E-state index is 0.318. The largest absolute Gasteiger partial charge is 0.493 e. The van der Waals surface area contributed by atoms with Crippen LogP contribution in [0.3, 0.4) is 0 Å². The van der Waals surface area contributed by atoms with E-state index in [1.165, 1.54) is 48.6 Å². The Morgan fingerprint density at radius 2 is 1.87 bits per heavy atom. The first kappa shape index (κ1) is 31.2. The number of anilines is 1. The molecule has 3 amide bonds. The summed E-state index contributed by atoms with van der Waals surface area (Å²) in [4.78, 5) is 25.8. The molecule has 0 radical (unpaired) electrons.